The van der Waals surface area contributed by atoms with E-state index in [4.69, 9.17) is 0 Å². The van der Waals surface area contributed by atoms with Gasteiger partial charge >= 0.3 is 0 Å². The van der Waals surface area contributed by atoms with Crippen LogP contribution >= 0.6 is 0 Å². The third-order valence-electron chi connectivity index (χ3n) is 20.7. The monoisotopic (exact) mass is 992 g/mol. The van der Waals surface area contributed by atoms with E-state index in [0.717, 1.165) is 69.5 Å². The summed E-state index contributed by atoms with van der Waals surface area (Å²) in [7, 11) is 3.00. The number of amides is 8. The minimum atomic E-state index is -0.719. The number of anilines is 2. The molecular weight excluding hydrogens is 933 g/mol. The van der Waals surface area contributed by atoms with Crippen molar-refractivity contribution in [3.63, 3.8) is 0 Å². The predicted octanol–water partition coefficient (Wildman–Crippen LogP) is 7.66. The number of ketones is 1. The lowest BCUT2D eigenvalue weighted by molar-refractivity contribution is -0.146. The van der Waals surface area contributed by atoms with Gasteiger partial charge in [-0.15, -0.1) is 0 Å². The van der Waals surface area contributed by atoms with Gasteiger partial charge < -0.3 is 0 Å². The van der Waals surface area contributed by atoms with Gasteiger partial charge in [-0.1, -0.05) is 59.7 Å². The Morgan fingerprint density at radius 2 is 0.689 bits per heavy atom. The summed E-state index contributed by atoms with van der Waals surface area (Å²) < 4.78 is 0. The zero-order valence-corrected chi connectivity index (χ0v) is 43.1. The zero-order chi connectivity index (χ0) is 52.1. The van der Waals surface area contributed by atoms with E-state index in [1.807, 2.05) is 51.1 Å². The van der Waals surface area contributed by atoms with Crippen molar-refractivity contribution in [3.8, 4) is 22.3 Å². The molecule has 4 heterocycles. The van der Waals surface area contributed by atoms with Gasteiger partial charge in [-0.05, 0) is 173 Å². The maximum atomic E-state index is 14.8. The summed E-state index contributed by atoms with van der Waals surface area (Å²) in [5.74, 6) is -5.95. The molecule has 4 aliphatic heterocycles. The quantitative estimate of drug-likeness (QED) is 0.187. The molecule has 14 rings (SSSR count). The molecule has 13 nitrogen and oxygen atoms in total. The fourth-order valence-electron chi connectivity index (χ4n) is 17.6. The summed E-state index contributed by atoms with van der Waals surface area (Å²) in [6.07, 6.45) is 4.39. The molecule has 13 heteroatoms. The summed E-state index contributed by atoms with van der Waals surface area (Å²) >= 11 is 0. The molecule has 6 aliphatic carbocycles. The molecule has 2 spiro atoms. The van der Waals surface area contributed by atoms with Crippen LogP contribution in [0.4, 0.5) is 11.4 Å². The van der Waals surface area contributed by atoms with Crippen LogP contribution in [0.25, 0.3) is 22.3 Å². The molecule has 10 aliphatic rings. The number of imide groups is 4. The number of rotatable bonds is 4. The molecule has 4 aromatic carbocycles. The summed E-state index contributed by atoms with van der Waals surface area (Å²) in [5.41, 5.74) is 11.1. The van der Waals surface area contributed by atoms with Gasteiger partial charge in [0.1, 0.15) is 5.78 Å². The van der Waals surface area contributed by atoms with E-state index in [1.54, 1.807) is 13.1 Å². The van der Waals surface area contributed by atoms with Gasteiger partial charge in [0, 0.05) is 24.9 Å². The van der Waals surface area contributed by atoms with Crippen LogP contribution < -0.4 is 9.80 Å². The van der Waals surface area contributed by atoms with Crippen LogP contribution in [0.5, 0.6) is 0 Å². The van der Waals surface area contributed by atoms with Crippen LogP contribution in [-0.4, -0.2) is 76.9 Å². The maximum Gasteiger partial charge on any atom is 0.238 e. The second-order valence-electron chi connectivity index (χ2n) is 24.1. The molecule has 378 valence electrons. The molecule has 0 N–H and O–H groups in total. The fraction of sp³-hybridized carbons (Fsp3) is 0.459. The second-order valence-corrected chi connectivity index (χ2v) is 24.1. The lowest BCUT2D eigenvalue weighted by atomic mass is 9.58. The van der Waals surface area contributed by atoms with Gasteiger partial charge in [0.05, 0.1) is 58.7 Å². The number of benzene rings is 4. The van der Waals surface area contributed by atoms with E-state index < -0.39 is 40.4 Å². The van der Waals surface area contributed by atoms with E-state index in [2.05, 4.69) is 57.2 Å². The number of fused-ring (bicyclic) bond motifs is 16. The summed E-state index contributed by atoms with van der Waals surface area (Å²) in [5, 5.41) is 0. The number of carbonyl (C=O) groups is 9. The fourth-order valence-corrected chi connectivity index (χ4v) is 17.6. The standard InChI is InChI=1S/C37H38N2O5.C24H22N2O4/c1-17-5-7-23(18(2)11-17)24-8-6-22(12-19(24)3)39-33(42)28-21-14-26(30(28)34(39)43)37(16-21)10-9-36(35(37)44)15-20-13-25(36)29-27(20)31(40)38(4)32(29)41;1-11-5-7-15(12(2)9-11)16-8-6-14(10-13(16)3)26-23(29)19-17-18(20(19)24(26)30)22(28)25(4)21(17)27/h5-8,11-12,20-21,25-30H,9-10,13-16H2,1-4H3;5-10,17-20H,1-4H3. The van der Waals surface area contributed by atoms with E-state index >= 15 is 0 Å². The predicted molar refractivity (Wildman–Crippen MR) is 272 cm³/mol. The van der Waals surface area contributed by atoms with E-state index in [-0.39, 0.29) is 94.5 Å². The van der Waals surface area contributed by atoms with Crippen molar-refractivity contribution < 1.29 is 43.2 Å². The molecule has 14 unspecified atom stereocenters. The Hall–Kier alpha value is -6.89. The molecule has 0 radical (unpaired) electrons. The van der Waals surface area contributed by atoms with Gasteiger partial charge in [0.2, 0.25) is 47.3 Å². The number of carbonyl (C=O) groups excluding carboxylic acids is 9. The van der Waals surface area contributed by atoms with Gasteiger partial charge in [0.25, 0.3) is 0 Å². The molecule has 10 fully saturated rings. The Bertz CT molecular complexity index is 3320. The first-order chi connectivity index (χ1) is 35.2. The van der Waals surface area contributed by atoms with Gasteiger partial charge in [0.15, 0.2) is 0 Å². The number of nitrogens with zero attached hydrogens (tertiary/aromatic N) is 4. The van der Waals surface area contributed by atoms with E-state index in [9.17, 15) is 43.2 Å². The van der Waals surface area contributed by atoms with Crippen molar-refractivity contribution in [2.45, 2.75) is 80.1 Å². The van der Waals surface area contributed by atoms with E-state index in [0.29, 0.717) is 24.2 Å². The highest BCUT2D eigenvalue weighted by Gasteiger charge is 2.79. The highest BCUT2D eigenvalue weighted by Crippen LogP contribution is 2.76. The van der Waals surface area contributed by atoms with Crippen LogP contribution in [0.15, 0.2) is 72.8 Å². The Labute approximate surface area is 430 Å². The average molecular weight is 993 g/mol. The molecule has 0 aromatic heterocycles. The third kappa shape index (κ3) is 5.84. The second kappa shape index (κ2) is 15.6. The van der Waals surface area contributed by atoms with E-state index in [1.165, 1.54) is 38.4 Å². The van der Waals surface area contributed by atoms with Gasteiger partial charge in [-0.25, -0.2) is 0 Å². The molecule has 4 saturated heterocycles. The summed E-state index contributed by atoms with van der Waals surface area (Å²) in [6, 6.07) is 24.1. The first-order valence-corrected chi connectivity index (χ1v) is 26.5. The van der Waals surface area contributed by atoms with Crippen molar-refractivity contribution >= 4 is 64.4 Å². The minimum Gasteiger partial charge on any atom is -0.298 e. The van der Waals surface area contributed by atoms with Crippen molar-refractivity contribution in [1.82, 2.24) is 9.80 Å². The molecule has 14 atom stereocenters. The molecule has 4 bridgehead atoms. The summed E-state index contributed by atoms with van der Waals surface area (Å²) in [4.78, 5) is 125. The maximum absolute atomic E-state index is 14.8. The lowest BCUT2D eigenvalue weighted by Crippen LogP contribution is -2.50. The Kier molecular flexibility index (Phi) is 9.87. The smallest absolute Gasteiger partial charge is 0.238 e. The number of hydrogen-bond donors (Lipinski definition) is 0. The van der Waals surface area contributed by atoms with Crippen molar-refractivity contribution in [2.75, 3.05) is 23.9 Å². The van der Waals surface area contributed by atoms with Crippen LogP contribution in [0.3, 0.4) is 0 Å². The molecule has 4 aromatic rings. The Balaban J connectivity index is 0.000000154. The minimum absolute atomic E-state index is 0.0355. The molecular formula is C61H60N4O9. The number of aryl methyl sites for hydroxylation is 6. The highest BCUT2D eigenvalue weighted by molar-refractivity contribution is 6.28. The largest absolute Gasteiger partial charge is 0.298 e. The third-order valence-corrected chi connectivity index (χ3v) is 20.7. The topological polar surface area (TPSA) is 167 Å². The lowest BCUT2D eigenvalue weighted by Gasteiger charge is -2.42. The molecule has 74 heavy (non-hydrogen) atoms. The van der Waals surface area contributed by atoms with Gasteiger partial charge in [-0.2, -0.15) is 0 Å². The first kappa shape index (κ1) is 46.9. The average Bonchev–Trinajstić information content (AvgIpc) is 4.25. The van der Waals surface area contributed by atoms with Gasteiger partial charge in [-0.3, -0.25) is 62.8 Å². The van der Waals surface area contributed by atoms with Crippen LogP contribution in [0.1, 0.15) is 71.9 Å². The number of hydrogen-bond acceptors (Lipinski definition) is 9. The Morgan fingerprint density at radius 3 is 1.09 bits per heavy atom. The van der Waals surface area contributed by atoms with Crippen molar-refractivity contribution in [3.05, 3.63) is 106 Å². The highest BCUT2D eigenvalue weighted by atomic mass is 16.2. The SMILES string of the molecule is Cc1ccc(-c2ccc(N3C(=O)C4C5C(=O)N(C)C(=O)C5C4C3=O)cc2C)c(C)c1.Cc1ccc(-c2ccc(N3C(=O)C4C5CC(C4C3=O)C3(CCC4(CC6CC4C4C(=O)N(C)C(=O)C64)C3=O)C5)cc2C)c(C)c1. The van der Waals surface area contributed by atoms with Crippen LogP contribution in [0, 0.1) is 123 Å². The normalized spacial score (nSPS) is 35.8. The Morgan fingerprint density at radius 1 is 0.378 bits per heavy atom. The number of Topliss-reactive ketones (excluding diaryl/α,β-unsaturated/α-hetero) is 1. The van der Waals surface area contributed by atoms with Crippen molar-refractivity contribution in [1.29, 1.82) is 0 Å². The summed E-state index contributed by atoms with van der Waals surface area (Å²) in [6.45, 7) is 12.3. The first-order valence-electron chi connectivity index (χ1n) is 26.5. The van der Waals surface area contributed by atoms with Crippen LogP contribution in [0.2, 0.25) is 0 Å². The molecule has 6 saturated carbocycles. The zero-order valence-electron chi connectivity index (χ0n) is 43.1. The van der Waals surface area contributed by atoms with Crippen molar-refractivity contribution in [2.24, 2.45) is 81.8 Å². The van der Waals surface area contributed by atoms with Crippen LogP contribution in [-0.2, 0) is 43.2 Å². The molecule has 8 amide bonds. The number of likely N-dealkylation sites (tertiary alicyclic amines) is 2.